The summed E-state index contributed by atoms with van der Waals surface area (Å²) in [6.07, 6.45) is 4.64. The summed E-state index contributed by atoms with van der Waals surface area (Å²) in [5, 5.41) is 1.35. The third-order valence-corrected chi connectivity index (χ3v) is 18.1. The lowest BCUT2D eigenvalue weighted by Crippen LogP contribution is -2.60. The predicted octanol–water partition coefficient (Wildman–Crippen LogP) is 17.0. The van der Waals surface area contributed by atoms with Crippen LogP contribution in [-0.2, 0) is 52.8 Å². The fourth-order valence-electron chi connectivity index (χ4n) is 12.2. The molecule has 2 nitrogen and oxygen atoms in total. The van der Waals surface area contributed by atoms with Crippen molar-refractivity contribution in [1.82, 2.24) is 0 Å². The molecule has 0 spiro atoms. The summed E-state index contributed by atoms with van der Waals surface area (Å²) in [6, 6.07) is 49.2. The second kappa shape index (κ2) is 15.8. The van der Waals surface area contributed by atoms with Gasteiger partial charge in [0.1, 0.15) is 0 Å². The number of hydrogen-bond donors (Lipinski definition) is 0. The van der Waals surface area contributed by atoms with Crippen LogP contribution < -0.4 is 25.5 Å². The Morgan fingerprint density at radius 1 is 0.417 bits per heavy atom. The van der Waals surface area contributed by atoms with E-state index in [1.54, 1.807) is 22.3 Å². The summed E-state index contributed by atoms with van der Waals surface area (Å²) in [4.78, 5) is 5.41. The van der Waals surface area contributed by atoms with Gasteiger partial charge in [-0.25, -0.2) is 0 Å². The fraction of sp³-hybridized carbons (Fsp3) is 0.353. The molecule has 2 aliphatic carbocycles. The highest BCUT2D eigenvalue weighted by atomic mass is 32.1. The predicted molar refractivity (Wildman–Crippen MR) is 315 cm³/mol. The van der Waals surface area contributed by atoms with Gasteiger partial charge in [0.05, 0.1) is 11.4 Å². The van der Waals surface area contributed by atoms with E-state index >= 15 is 0 Å². The van der Waals surface area contributed by atoms with Crippen molar-refractivity contribution < 1.29 is 0 Å². The number of nitrogens with zero attached hydrogens (tertiary/aromatic N) is 2. The first-order valence-corrected chi connectivity index (χ1v) is 27.7. The lowest BCUT2D eigenvalue weighted by Gasteiger charge is -2.45. The number of fused-ring (bicyclic) bond motifs is 8. The van der Waals surface area contributed by atoms with Gasteiger partial charge in [-0.15, -0.1) is 11.3 Å². The molecule has 0 saturated heterocycles. The van der Waals surface area contributed by atoms with E-state index < -0.39 is 0 Å². The monoisotopic (exact) mass is 961 g/mol. The second-order valence-corrected chi connectivity index (χ2v) is 28.0. The van der Waals surface area contributed by atoms with Crippen molar-refractivity contribution in [3.05, 3.63) is 171 Å². The molecular formula is C68H73BN2S. The van der Waals surface area contributed by atoms with Crippen molar-refractivity contribution >= 4 is 78.0 Å². The highest BCUT2D eigenvalue weighted by molar-refractivity contribution is 7.33. The van der Waals surface area contributed by atoms with E-state index in [0.29, 0.717) is 0 Å². The zero-order valence-electron chi connectivity index (χ0n) is 45.8. The second-order valence-electron chi connectivity index (χ2n) is 27.0. The summed E-state index contributed by atoms with van der Waals surface area (Å²) in [5.41, 5.74) is 28.8. The van der Waals surface area contributed by atoms with Crippen LogP contribution in [-0.4, -0.2) is 6.71 Å². The average molecular weight is 961 g/mol. The van der Waals surface area contributed by atoms with Gasteiger partial charge in [0.25, 0.3) is 6.71 Å². The van der Waals surface area contributed by atoms with Crippen molar-refractivity contribution in [3.63, 3.8) is 0 Å². The molecule has 4 aliphatic rings. The number of rotatable bonds is 4. The maximum absolute atomic E-state index is 2.71. The van der Waals surface area contributed by atoms with Gasteiger partial charge in [0.2, 0.25) is 0 Å². The molecule has 0 radical (unpaired) electrons. The zero-order valence-corrected chi connectivity index (χ0v) is 46.6. The molecule has 0 atom stereocenters. The molecule has 1 aromatic heterocycles. The van der Waals surface area contributed by atoms with Gasteiger partial charge in [0, 0.05) is 43.2 Å². The molecule has 0 fully saturated rings. The van der Waals surface area contributed by atoms with Crippen molar-refractivity contribution in [3.8, 4) is 22.3 Å². The molecule has 7 aromatic carbocycles. The minimum Gasteiger partial charge on any atom is -0.311 e. The van der Waals surface area contributed by atoms with E-state index in [0.717, 1.165) is 12.8 Å². The molecular weight excluding hydrogens is 888 g/mol. The number of anilines is 6. The van der Waals surface area contributed by atoms with Crippen LogP contribution in [0.2, 0.25) is 0 Å². The van der Waals surface area contributed by atoms with Gasteiger partial charge in [0.15, 0.2) is 0 Å². The van der Waals surface area contributed by atoms with Crippen LogP contribution in [0.3, 0.4) is 0 Å². The Bertz CT molecular complexity index is 3500. The Balaban J connectivity index is 1.23. The van der Waals surface area contributed by atoms with Crippen molar-refractivity contribution in [1.29, 1.82) is 0 Å². The first-order chi connectivity index (χ1) is 33.8. The molecule has 8 aromatic rings. The van der Waals surface area contributed by atoms with Gasteiger partial charge in [-0.3, -0.25) is 0 Å². The Morgan fingerprint density at radius 2 is 0.903 bits per heavy atom. The Labute approximate surface area is 435 Å². The maximum Gasteiger partial charge on any atom is 0.264 e. The van der Waals surface area contributed by atoms with Gasteiger partial charge < -0.3 is 9.80 Å². The van der Waals surface area contributed by atoms with Crippen molar-refractivity contribution in [2.24, 2.45) is 0 Å². The molecule has 364 valence electrons. The third kappa shape index (κ3) is 7.47. The minimum absolute atomic E-state index is 0.000973. The summed E-state index contributed by atoms with van der Waals surface area (Å²) >= 11 is 2.01. The molecule has 0 bridgehead atoms. The highest BCUT2D eigenvalue weighted by Crippen LogP contribution is 2.53. The number of hydrogen-bond acceptors (Lipinski definition) is 3. The van der Waals surface area contributed by atoms with Crippen LogP contribution in [0, 0.1) is 0 Å². The minimum atomic E-state index is -0.0434. The van der Waals surface area contributed by atoms with Crippen LogP contribution in [0.4, 0.5) is 34.1 Å². The Hall–Kier alpha value is -5.84. The van der Waals surface area contributed by atoms with Gasteiger partial charge in [-0.1, -0.05) is 171 Å². The lowest BCUT2D eigenvalue weighted by molar-refractivity contribution is 0.590. The van der Waals surface area contributed by atoms with Crippen LogP contribution in [0.25, 0.3) is 32.3 Å². The zero-order chi connectivity index (χ0) is 50.8. The summed E-state index contributed by atoms with van der Waals surface area (Å²) in [7, 11) is 0. The molecule has 2 aliphatic heterocycles. The Morgan fingerprint density at radius 3 is 1.44 bits per heavy atom. The maximum atomic E-state index is 2.71. The smallest absolute Gasteiger partial charge is 0.264 e. The fourth-order valence-corrected chi connectivity index (χ4v) is 13.5. The van der Waals surface area contributed by atoms with Crippen LogP contribution in [0.15, 0.2) is 121 Å². The number of thiophene rings is 1. The number of aryl methyl sites for hydroxylation is 2. The summed E-state index contributed by atoms with van der Waals surface area (Å²) in [6.45, 7) is 35.2. The van der Waals surface area contributed by atoms with E-state index in [1.807, 2.05) is 11.3 Å². The largest absolute Gasteiger partial charge is 0.311 e. The van der Waals surface area contributed by atoms with Gasteiger partial charge >= 0.3 is 0 Å². The molecule has 12 rings (SSSR count). The molecule has 0 N–H and O–H groups in total. The van der Waals surface area contributed by atoms with Gasteiger partial charge in [-0.05, 0) is 185 Å². The van der Waals surface area contributed by atoms with Crippen LogP contribution in [0.5, 0.6) is 0 Å². The summed E-state index contributed by atoms with van der Waals surface area (Å²) in [5.74, 6) is 0. The quantitative estimate of drug-likeness (QED) is 0.162. The Kier molecular flexibility index (Phi) is 10.4. The molecule has 0 amide bonds. The van der Waals surface area contributed by atoms with E-state index in [2.05, 4.69) is 235 Å². The van der Waals surface area contributed by atoms with Crippen molar-refractivity contribution in [2.75, 3.05) is 9.80 Å². The average Bonchev–Trinajstić information content (AvgIpc) is 3.67. The van der Waals surface area contributed by atoms with Crippen molar-refractivity contribution in [2.45, 2.75) is 157 Å². The molecule has 72 heavy (non-hydrogen) atoms. The SMILES string of the molecule is CC(C)(C)c1ccc(-c2cc(C(C)(C)C)ccc2N2c3ccc(C(C)(C)C)cc3B3c4sc5ccc(C(C)(C)C)cc5c4N(c4ccc(C(C)(C)C)cc4)c4cc(-c5c6c(cc7c5CC7)CC6)cc2c43)cc1. The first-order valence-electron chi connectivity index (χ1n) is 26.9. The van der Waals surface area contributed by atoms with E-state index in [9.17, 15) is 0 Å². The standard InChI is InChI=1S/C68H73BN2S/c1-64(2,3)44-20-16-40(17-21-44)52-37-46(66(7,8)9)24-31-55(52)71-56-32-25-48(68(13,14)15)39-54(56)69-61-57(35-43(36-58(61)71)60-50-29-18-41(50)34-42-19-30-51(42)60)70(49-27-22-45(23-28-49)65(4,5)6)62-53-38-47(67(10,11)12)26-33-59(53)72-63(62)69/h16-17,20-28,31-39H,18-19,29-30H2,1-15H3. The normalized spacial score (nSPS) is 15.1. The van der Waals surface area contributed by atoms with E-state index in [1.165, 1.54) is 123 Å². The molecule has 0 saturated carbocycles. The topological polar surface area (TPSA) is 6.48 Å². The first kappa shape index (κ1) is 47.2. The molecule has 3 heterocycles. The molecule has 4 heteroatoms. The van der Waals surface area contributed by atoms with Crippen LogP contribution in [0.1, 0.15) is 154 Å². The van der Waals surface area contributed by atoms with E-state index in [4.69, 9.17) is 0 Å². The summed E-state index contributed by atoms with van der Waals surface area (Å²) < 4.78 is 2.78. The van der Waals surface area contributed by atoms with Crippen LogP contribution >= 0.6 is 11.3 Å². The third-order valence-electron chi connectivity index (χ3n) is 16.9. The van der Waals surface area contributed by atoms with Gasteiger partial charge in [-0.2, -0.15) is 0 Å². The number of benzene rings is 7. The molecule has 0 unspecified atom stereocenters. The highest BCUT2D eigenvalue weighted by Gasteiger charge is 2.47. The lowest BCUT2D eigenvalue weighted by atomic mass is 9.36. The van der Waals surface area contributed by atoms with E-state index in [-0.39, 0.29) is 33.8 Å².